The van der Waals surface area contributed by atoms with Crippen LogP contribution in [0.2, 0.25) is 0 Å². The van der Waals surface area contributed by atoms with Gasteiger partial charge < -0.3 is 0 Å². The number of allylic oxidation sites excluding steroid dienone is 2. The smallest absolute Gasteiger partial charge is 0.152 e. The van der Waals surface area contributed by atoms with E-state index in [1.54, 1.807) is 12.1 Å². The van der Waals surface area contributed by atoms with Crippen molar-refractivity contribution in [3.8, 4) is 0 Å². The van der Waals surface area contributed by atoms with E-state index in [0.717, 1.165) is 11.1 Å². The summed E-state index contributed by atoms with van der Waals surface area (Å²) in [5.74, 6) is -0.263. The minimum Gasteiger partial charge on any atom is -0.295 e. The maximum absolute atomic E-state index is 12.5. The number of halogens is 1. The van der Waals surface area contributed by atoms with E-state index >= 15 is 0 Å². The molecule has 1 nitrogen and oxygen atoms in total. The lowest BCUT2D eigenvalue weighted by Gasteiger charge is -1.99. The summed E-state index contributed by atoms with van der Waals surface area (Å²) in [5.41, 5.74) is 1.73. The molecule has 0 heterocycles. The van der Waals surface area contributed by atoms with Gasteiger partial charge in [-0.3, -0.25) is 4.79 Å². The molecule has 0 saturated carbocycles. The fourth-order valence-corrected chi connectivity index (χ4v) is 1.10. The molecule has 0 unspecified atom stereocenters. The fourth-order valence-electron chi connectivity index (χ4n) is 1.10. The van der Waals surface area contributed by atoms with Crippen LogP contribution in [0.3, 0.4) is 0 Å². The van der Waals surface area contributed by atoms with E-state index in [2.05, 4.69) is 0 Å². The van der Waals surface area contributed by atoms with Crippen LogP contribution < -0.4 is 0 Å². The predicted octanol–water partition coefficient (Wildman–Crippen LogP) is 2.82. The lowest BCUT2D eigenvalue weighted by atomic mass is 10.1. The van der Waals surface area contributed by atoms with E-state index in [9.17, 15) is 9.18 Å². The molecule has 0 bridgehead atoms. The molecule has 0 aromatic heterocycles. The molecule has 0 fully saturated rings. The first-order valence-electron chi connectivity index (χ1n) is 4.04. The zero-order valence-corrected chi connectivity index (χ0v) is 7.67. The van der Waals surface area contributed by atoms with Crippen LogP contribution in [0.5, 0.6) is 0 Å². The van der Waals surface area contributed by atoms with Crippen molar-refractivity contribution in [2.75, 3.05) is 0 Å². The van der Waals surface area contributed by atoms with Crippen molar-refractivity contribution in [1.29, 1.82) is 0 Å². The summed E-state index contributed by atoms with van der Waals surface area (Å²) in [5, 5.41) is 0. The van der Waals surface area contributed by atoms with Crippen LogP contribution in [0.1, 0.15) is 19.4 Å². The number of carbonyl (C=O) groups excluding carboxylic acids is 1. The Labute approximate surface area is 76.9 Å². The Bertz CT molecular complexity index is 336. The van der Waals surface area contributed by atoms with Crippen LogP contribution in [0.4, 0.5) is 4.39 Å². The molecule has 0 amide bonds. The first kappa shape index (κ1) is 9.65. The Balaban J connectivity index is 2.96. The topological polar surface area (TPSA) is 17.1 Å². The Kier molecular flexibility index (Phi) is 2.96. The number of hydrogen-bond donors (Lipinski definition) is 0. The van der Waals surface area contributed by atoms with E-state index in [4.69, 9.17) is 0 Å². The third-order valence-corrected chi connectivity index (χ3v) is 1.72. The van der Waals surface area contributed by atoms with Crippen molar-refractivity contribution in [2.45, 2.75) is 13.8 Å². The van der Waals surface area contributed by atoms with E-state index in [1.807, 2.05) is 6.92 Å². The fraction of sp³-hybridized carbons (Fsp3) is 0.182. The van der Waals surface area contributed by atoms with Crippen molar-refractivity contribution in [3.05, 3.63) is 41.7 Å². The number of benzene rings is 1. The maximum atomic E-state index is 12.5. The van der Waals surface area contributed by atoms with Gasteiger partial charge in [0.25, 0.3) is 0 Å². The van der Waals surface area contributed by atoms with Crippen molar-refractivity contribution in [3.63, 3.8) is 0 Å². The average molecular weight is 178 g/mol. The molecule has 0 aliphatic rings. The third kappa shape index (κ3) is 2.82. The lowest BCUT2D eigenvalue weighted by Crippen LogP contribution is -1.86. The summed E-state index contributed by atoms with van der Waals surface area (Å²) in [6, 6.07) is 6.08. The second-order valence-corrected chi connectivity index (χ2v) is 2.94. The minimum atomic E-state index is -0.264. The van der Waals surface area contributed by atoms with Gasteiger partial charge in [-0.2, -0.15) is 0 Å². The first-order valence-corrected chi connectivity index (χ1v) is 4.04. The van der Waals surface area contributed by atoms with Gasteiger partial charge in [0.2, 0.25) is 0 Å². The monoisotopic (exact) mass is 178 g/mol. The third-order valence-electron chi connectivity index (χ3n) is 1.72. The highest BCUT2D eigenvalue weighted by molar-refractivity contribution is 5.94. The Hall–Kier alpha value is -1.44. The van der Waals surface area contributed by atoms with Crippen LogP contribution in [0, 0.1) is 5.82 Å². The molecule has 0 spiro atoms. The molecule has 0 aliphatic carbocycles. The van der Waals surface area contributed by atoms with Gasteiger partial charge in [0.15, 0.2) is 5.78 Å². The molecule has 13 heavy (non-hydrogen) atoms. The molecule has 1 rings (SSSR count). The van der Waals surface area contributed by atoms with Crippen LogP contribution in [0.15, 0.2) is 30.3 Å². The summed E-state index contributed by atoms with van der Waals surface area (Å²) < 4.78 is 12.5. The second-order valence-electron chi connectivity index (χ2n) is 2.94. The van der Waals surface area contributed by atoms with Crippen molar-refractivity contribution < 1.29 is 9.18 Å². The number of carbonyl (C=O) groups is 1. The van der Waals surface area contributed by atoms with Gasteiger partial charge in [0.1, 0.15) is 5.82 Å². The first-order chi connectivity index (χ1) is 6.09. The molecule has 68 valence electrons. The van der Waals surface area contributed by atoms with Crippen LogP contribution in [0.25, 0.3) is 5.57 Å². The zero-order chi connectivity index (χ0) is 9.84. The van der Waals surface area contributed by atoms with E-state index in [0.29, 0.717) is 0 Å². The quantitative estimate of drug-likeness (QED) is 0.636. The molecule has 0 radical (unpaired) electrons. The number of ketones is 1. The minimum absolute atomic E-state index is 0.00169. The van der Waals surface area contributed by atoms with Gasteiger partial charge in [-0.15, -0.1) is 0 Å². The molecular formula is C11H11FO. The van der Waals surface area contributed by atoms with Gasteiger partial charge in [-0.1, -0.05) is 12.1 Å². The van der Waals surface area contributed by atoms with Gasteiger partial charge >= 0.3 is 0 Å². The molecule has 0 N–H and O–H groups in total. The van der Waals surface area contributed by atoms with Crippen LogP contribution >= 0.6 is 0 Å². The lowest BCUT2D eigenvalue weighted by molar-refractivity contribution is -0.112. The summed E-state index contributed by atoms with van der Waals surface area (Å²) in [4.78, 5) is 10.7. The molecule has 1 aromatic rings. The van der Waals surface area contributed by atoms with Gasteiger partial charge in [-0.25, -0.2) is 4.39 Å². The van der Waals surface area contributed by atoms with Gasteiger partial charge in [0, 0.05) is 0 Å². The Morgan fingerprint density at radius 2 is 1.77 bits per heavy atom. The molecule has 0 saturated heterocycles. The maximum Gasteiger partial charge on any atom is 0.152 e. The van der Waals surface area contributed by atoms with E-state index in [1.165, 1.54) is 25.1 Å². The second kappa shape index (κ2) is 3.99. The summed E-state index contributed by atoms with van der Waals surface area (Å²) in [6.07, 6.45) is 1.53. The van der Waals surface area contributed by atoms with Crippen LogP contribution in [-0.2, 0) is 4.79 Å². The Morgan fingerprint density at radius 1 is 1.23 bits per heavy atom. The van der Waals surface area contributed by atoms with Crippen molar-refractivity contribution in [2.24, 2.45) is 0 Å². The standard InChI is InChI=1S/C11H11FO/c1-8(7-9(2)13)10-3-5-11(12)6-4-10/h3-7H,1-2H3/b8-7-. The van der Waals surface area contributed by atoms with Gasteiger partial charge in [0.05, 0.1) is 0 Å². The zero-order valence-electron chi connectivity index (χ0n) is 7.67. The molecular weight excluding hydrogens is 167 g/mol. The van der Waals surface area contributed by atoms with Crippen molar-refractivity contribution >= 4 is 11.4 Å². The normalized spacial score (nSPS) is 11.5. The molecule has 2 heteroatoms. The number of hydrogen-bond acceptors (Lipinski definition) is 1. The molecule has 1 aromatic carbocycles. The number of rotatable bonds is 2. The van der Waals surface area contributed by atoms with Gasteiger partial charge in [-0.05, 0) is 43.2 Å². The highest BCUT2D eigenvalue weighted by Gasteiger charge is 1.96. The summed E-state index contributed by atoms with van der Waals surface area (Å²) in [7, 11) is 0. The van der Waals surface area contributed by atoms with Crippen LogP contribution in [-0.4, -0.2) is 5.78 Å². The summed E-state index contributed by atoms with van der Waals surface area (Å²) >= 11 is 0. The van der Waals surface area contributed by atoms with E-state index < -0.39 is 0 Å². The van der Waals surface area contributed by atoms with E-state index in [-0.39, 0.29) is 11.6 Å². The molecule has 0 atom stereocenters. The predicted molar refractivity (Wildman–Crippen MR) is 50.7 cm³/mol. The SMILES string of the molecule is CC(=O)/C=C(/C)c1ccc(F)cc1. The largest absolute Gasteiger partial charge is 0.295 e. The Morgan fingerprint density at radius 3 is 2.23 bits per heavy atom. The highest BCUT2D eigenvalue weighted by Crippen LogP contribution is 2.13. The van der Waals surface area contributed by atoms with Crippen molar-refractivity contribution in [1.82, 2.24) is 0 Å². The average Bonchev–Trinajstić information content (AvgIpc) is 2.04. The highest BCUT2D eigenvalue weighted by atomic mass is 19.1. The molecule has 0 aliphatic heterocycles. The summed E-state index contributed by atoms with van der Waals surface area (Å²) in [6.45, 7) is 3.32.